The van der Waals surface area contributed by atoms with Gasteiger partial charge in [-0.1, -0.05) is 55.3 Å². The molecular weight excluding hydrogens is 420 g/mol. The van der Waals surface area contributed by atoms with Gasteiger partial charge in [-0.2, -0.15) is 5.10 Å². The maximum atomic E-state index is 13.4. The van der Waals surface area contributed by atoms with Gasteiger partial charge in [0.2, 0.25) is 0 Å². The van der Waals surface area contributed by atoms with Crippen molar-refractivity contribution in [2.24, 2.45) is 5.10 Å². The number of hydrazone groups is 1. The Morgan fingerprint density at radius 2 is 1.79 bits per heavy atom. The molecule has 4 amide bonds. The van der Waals surface area contributed by atoms with E-state index in [0.29, 0.717) is 19.3 Å². The van der Waals surface area contributed by atoms with E-state index in [0.717, 1.165) is 40.3 Å². The molecule has 1 aliphatic carbocycles. The zero-order valence-corrected chi connectivity index (χ0v) is 18.5. The van der Waals surface area contributed by atoms with E-state index in [2.05, 4.69) is 10.4 Å². The van der Waals surface area contributed by atoms with Crippen molar-refractivity contribution in [3.8, 4) is 5.75 Å². The van der Waals surface area contributed by atoms with Crippen LogP contribution in [0.15, 0.2) is 59.7 Å². The van der Waals surface area contributed by atoms with Crippen LogP contribution in [0.4, 0.5) is 4.79 Å². The average Bonchev–Trinajstić information content (AvgIpc) is 3.55. The van der Waals surface area contributed by atoms with Crippen molar-refractivity contribution < 1.29 is 19.1 Å². The molecule has 0 bridgehead atoms. The first kappa shape index (κ1) is 21.2. The van der Waals surface area contributed by atoms with E-state index < -0.39 is 11.6 Å². The van der Waals surface area contributed by atoms with Crippen LogP contribution in [0.1, 0.15) is 49.3 Å². The van der Waals surface area contributed by atoms with Crippen LogP contribution < -0.4 is 10.1 Å². The molecule has 2 aromatic carbocycles. The second-order valence-corrected chi connectivity index (χ2v) is 8.75. The van der Waals surface area contributed by atoms with Crippen molar-refractivity contribution in [1.29, 1.82) is 0 Å². The first-order valence-electron chi connectivity index (χ1n) is 11.2. The minimum atomic E-state index is -0.837. The molecule has 2 aromatic rings. The molecule has 3 aliphatic rings. The standard InChI is InChI=1S/C25H26N4O4/c1-33-19-11-9-18(10-12-19)21-15-20(17-7-3-2-4-8-17)27-29(21)22(30)16-28-23(31)25(26-24(28)32)13-5-6-14-25/h2-4,7-12,21H,5-6,13-16H2,1H3,(H,26,32)/t21-/m1/s1. The molecule has 1 atom stereocenters. The number of hydrogen-bond acceptors (Lipinski definition) is 5. The predicted molar refractivity (Wildman–Crippen MR) is 122 cm³/mol. The third kappa shape index (κ3) is 3.75. The number of benzene rings is 2. The van der Waals surface area contributed by atoms with Gasteiger partial charge in [0.05, 0.1) is 18.9 Å². The summed E-state index contributed by atoms with van der Waals surface area (Å²) >= 11 is 0. The van der Waals surface area contributed by atoms with Crippen molar-refractivity contribution in [1.82, 2.24) is 15.2 Å². The lowest BCUT2D eigenvalue weighted by Gasteiger charge is -2.24. The molecule has 1 saturated heterocycles. The molecule has 1 spiro atoms. The van der Waals surface area contributed by atoms with Gasteiger partial charge in [-0.05, 0) is 36.1 Å². The molecule has 1 N–H and O–H groups in total. The topological polar surface area (TPSA) is 91.3 Å². The second-order valence-electron chi connectivity index (χ2n) is 8.75. The summed E-state index contributed by atoms with van der Waals surface area (Å²) in [6.07, 6.45) is 3.56. The lowest BCUT2D eigenvalue weighted by atomic mass is 9.98. The maximum absolute atomic E-state index is 13.4. The Morgan fingerprint density at radius 3 is 2.45 bits per heavy atom. The normalized spacial score (nSPS) is 21.5. The van der Waals surface area contributed by atoms with E-state index in [-0.39, 0.29) is 24.4 Å². The molecular formula is C25H26N4O4. The Morgan fingerprint density at radius 1 is 1.09 bits per heavy atom. The summed E-state index contributed by atoms with van der Waals surface area (Å²) in [5.74, 6) is 0.0334. The fraction of sp³-hybridized carbons (Fsp3) is 0.360. The van der Waals surface area contributed by atoms with Crippen LogP contribution in [0.2, 0.25) is 0 Å². The number of carbonyl (C=O) groups is 3. The van der Waals surface area contributed by atoms with Gasteiger partial charge in [-0.15, -0.1) is 0 Å². The van der Waals surface area contributed by atoms with Crippen LogP contribution in [-0.4, -0.2) is 52.7 Å². The van der Waals surface area contributed by atoms with Crippen molar-refractivity contribution in [3.05, 3.63) is 65.7 Å². The van der Waals surface area contributed by atoms with Crippen LogP contribution >= 0.6 is 0 Å². The monoisotopic (exact) mass is 446 g/mol. The Kier molecular flexibility index (Phi) is 5.36. The number of ether oxygens (including phenoxy) is 1. The molecule has 0 radical (unpaired) electrons. The average molecular weight is 447 g/mol. The number of nitrogens with zero attached hydrogens (tertiary/aromatic N) is 3. The van der Waals surface area contributed by atoms with E-state index in [1.807, 2.05) is 54.6 Å². The van der Waals surface area contributed by atoms with Crippen molar-refractivity contribution in [2.45, 2.75) is 43.7 Å². The Hall–Kier alpha value is -3.68. The van der Waals surface area contributed by atoms with Crippen LogP contribution in [0.5, 0.6) is 5.75 Å². The third-order valence-electron chi connectivity index (χ3n) is 6.77. The maximum Gasteiger partial charge on any atom is 0.325 e. The van der Waals surface area contributed by atoms with Gasteiger partial charge in [0, 0.05) is 6.42 Å². The molecule has 0 aromatic heterocycles. The van der Waals surface area contributed by atoms with Gasteiger partial charge in [-0.3, -0.25) is 14.5 Å². The van der Waals surface area contributed by atoms with Gasteiger partial charge in [0.1, 0.15) is 17.8 Å². The van der Waals surface area contributed by atoms with E-state index in [4.69, 9.17) is 4.74 Å². The lowest BCUT2D eigenvalue weighted by Crippen LogP contribution is -2.45. The molecule has 8 nitrogen and oxygen atoms in total. The molecule has 2 heterocycles. The summed E-state index contributed by atoms with van der Waals surface area (Å²) < 4.78 is 5.26. The molecule has 1 saturated carbocycles. The highest BCUT2D eigenvalue weighted by Crippen LogP contribution is 2.36. The number of methoxy groups -OCH3 is 1. The predicted octanol–water partition coefficient (Wildman–Crippen LogP) is 3.24. The first-order valence-corrected chi connectivity index (χ1v) is 11.2. The molecule has 170 valence electrons. The summed E-state index contributed by atoms with van der Waals surface area (Å²) in [4.78, 5) is 40.0. The Balaban J connectivity index is 1.42. The molecule has 0 unspecified atom stereocenters. The summed E-state index contributed by atoms with van der Waals surface area (Å²) in [5.41, 5.74) is 1.79. The minimum Gasteiger partial charge on any atom is -0.497 e. The van der Waals surface area contributed by atoms with E-state index >= 15 is 0 Å². The van der Waals surface area contributed by atoms with Gasteiger partial charge in [-0.25, -0.2) is 9.80 Å². The number of carbonyl (C=O) groups excluding carboxylic acids is 3. The first-order chi connectivity index (χ1) is 16.0. The van der Waals surface area contributed by atoms with Crippen molar-refractivity contribution in [2.75, 3.05) is 13.7 Å². The van der Waals surface area contributed by atoms with E-state index in [1.165, 1.54) is 5.01 Å². The van der Waals surface area contributed by atoms with Crippen LogP contribution in [0, 0.1) is 0 Å². The smallest absolute Gasteiger partial charge is 0.325 e. The van der Waals surface area contributed by atoms with Crippen molar-refractivity contribution in [3.63, 3.8) is 0 Å². The van der Waals surface area contributed by atoms with Crippen LogP contribution in [0.25, 0.3) is 0 Å². The van der Waals surface area contributed by atoms with Crippen LogP contribution in [-0.2, 0) is 9.59 Å². The molecule has 8 heteroatoms. The van der Waals surface area contributed by atoms with Gasteiger partial charge >= 0.3 is 6.03 Å². The SMILES string of the molecule is COc1ccc([C@H]2CC(c3ccccc3)=NN2C(=O)CN2C(=O)NC3(CCCC3)C2=O)cc1. The lowest BCUT2D eigenvalue weighted by molar-refractivity contribution is -0.140. The Labute approximate surface area is 192 Å². The molecule has 2 fully saturated rings. The second kappa shape index (κ2) is 8.35. The number of imide groups is 1. The quantitative estimate of drug-likeness (QED) is 0.714. The fourth-order valence-corrected chi connectivity index (χ4v) is 4.98. The summed E-state index contributed by atoms with van der Waals surface area (Å²) in [5, 5.41) is 8.89. The summed E-state index contributed by atoms with van der Waals surface area (Å²) in [7, 11) is 1.60. The van der Waals surface area contributed by atoms with E-state index in [1.54, 1.807) is 7.11 Å². The highest BCUT2D eigenvalue weighted by Gasteiger charge is 2.53. The zero-order chi connectivity index (χ0) is 23.0. The molecule has 2 aliphatic heterocycles. The summed E-state index contributed by atoms with van der Waals surface area (Å²) in [6.45, 7) is -0.329. The molecule has 5 rings (SSSR count). The van der Waals surface area contributed by atoms with E-state index in [9.17, 15) is 14.4 Å². The summed E-state index contributed by atoms with van der Waals surface area (Å²) in [6, 6.07) is 16.4. The van der Waals surface area contributed by atoms with Crippen molar-refractivity contribution >= 4 is 23.6 Å². The fourth-order valence-electron chi connectivity index (χ4n) is 4.98. The number of amides is 4. The minimum absolute atomic E-state index is 0.300. The van der Waals surface area contributed by atoms with Crippen LogP contribution in [0.3, 0.4) is 0 Å². The third-order valence-corrected chi connectivity index (χ3v) is 6.77. The number of hydrogen-bond donors (Lipinski definition) is 1. The molecule has 33 heavy (non-hydrogen) atoms. The highest BCUT2D eigenvalue weighted by molar-refractivity contribution is 6.09. The highest BCUT2D eigenvalue weighted by atomic mass is 16.5. The zero-order valence-electron chi connectivity index (χ0n) is 18.5. The van der Waals surface area contributed by atoms with Gasteiger partial charge in [0.15, 0.2) is 0 Å². The van der Waals surface area contributed by atoms with Gasteiger partial charge in [0.25, 0.3) is 11.8 Å². The van der Waals surface area contributed by atoms with Gasteiger partial charge < -0.3 is 10.1 Å². The number of rotatable bonds is 5. The largest absolute Gasteiger partial charge is 0.497 e. The number of nitrogens with one attached hydrogen (secondary N) is 1. The Bertz CT molecular complexity index is 1110. The number of urea groups is 1.